The lowest BCUT2D eigenvalue weighted by Crippen LogP contribution is -2.56. The molecule has 29 heavy (non-hydrogen) atoms. The molecule has 7 N–H and O–H groups in total. The van der Waals surface area contributed by atoms with E-state index in [0.717, 1.165) is 0 Å². The number of hydrogen-bond acceptors (Lipinski definition) is 6. The van der Waals surface area contributed by atoms with Gasteiger partial charge >= 0.3 is 5.97 Å². The number of carboxylic acids is 1. The van der Waals surface area contributed by atoms with Crippen LogP contribution in [0.5, 0.6) is 0 Å². The minimum atomic E-state index is -1.18. The van der Waals surface area contributed by atoms with E-state index in [4.69, 9.17) is 11.5 Å². The molecule has 1 aliphatic rings. The molecule has 1 rings (SSSR count). The van der Waals surface area contributed by atoms with Crippen LogP contribution in [0.4, 0.5) is 0 Å². The standard InChI is InChI=1S/C18H31N5O6/c1-9(2)7-12(17(27)23-6-4-5-13(23)18(28)29)22-15(25)10(3)21-16(26)11(19)8-14(20)24/h9-13H,4-8,19H2,1-3H3,(H2,20,24)(H,21,26)(H,22,25)(H,28,29)/t10-,11-,12-,13+/m0/s1. The summed E-state index contributed by atoms with van der Waals surface area (Å²) < 4.78 is 0. The maximum Gasteiger partial charge on any atom is 0.326 e. The van der Waals surface area contributed by atoms with Crippen molar-refractivity contribution in [1.82, 2.24) is 15.5 Å². The molecule has 0 saturated carbocycles. The summed E-state index contributed by atoms with van der Waals surface area (Å²) >= 11 is 0. The van der Waals surface area contributed by atoms with Crippen molar-refractivity contribution in [3.63, 3.8) is 0 Å². The van der Waals surface area contributed by atoms with Gasteiger partial charge in [-0.15, -0.1) is 0 Å². The number of amides is 4. The molecular formula is C18H31N5O6. The van der Waals surface area contributed by atoms with Crippen molar-refractivity contribution in [3.8, 4) is 0 Å². The van der Waals surface area contributed by atoms with E-state index in [9.17, 15) is 29.1 Å². The summed E-state index contributed by atoms with van der Waals surface area (Å²) in [7, 11) is 0. The lowest BCUT2D eigenvalue weighted by atomic mass is 10.0. The minimum absolute atomic E-state index is 0.0593. The van der Waals surface area contributed by atoms with Gasteiger partial charge in [-0.1, -0.05) is 13.8 Å². The number of rotatable bonds is 10. The Hall–Kier alpha value is -2.69. The van der Waals surface area contributed by atoms with E-state index in [1.165, 1.54) is 11.8 Å². The molecule has 4 amide bonds. The zero-order chi connectivity index (χ0) is 22.3. The summed E-state index contributed by atoms with van der Waals surface area (Å²) in [6.45, 7) is 5.48. The highest BCUT2D eigenvalue weighted by Gasteiger charge is 2.38. The molecule has 1 aliphatic heterocycles. The first-order chi connectivity index (χ1) is 13.4. The molecule has 0 aliphatic carbocycles. The first-order valence-electron chi connectivity index (χ1n) is 9.61. The predicted octanol–water partition coefficient (Wildman–Crippen LogP) is -1.70. The van der Waals surface area contributed by atoms with Crippen molar-refractivity contribution in [2.45, 2.75) is 70.6 Å². The maximum atomic E-state index is 12.9. The Morgan fingerprint density at radius 3 is 2.24 bits per heavy atom. The number of carbonyl (C=O) groups is 5. The summed E-state index contributed by atoms with van der Waals surface area (Å²) in [5.41, 5.74) is 10.5. The van der Waals surface area contributed by atoms with Crippen molar-refractivity contribution >= 4 is 29.6 Å². The van der Waals surface area contributed by atoms with Crippen LogP contribution in [0, 0.1) is 5.92 Å². The van der Waals surface area contributed by atoms with Crippen LogP contribution in [0.25, 0.3) is 0 Å². The lowest BCUT2D eigenvalue weighted by Gasteiger charge is -2.29. The van der Waals surface area contributed by atoms with Crippen molar-refractivity contribution in [1.29, 1.82) is 0 Å². The molecule has 4 atom stereocenters. The number of carboxylic acid groups (broad SMARTS) is 1. The average Bonchev–Trinajstić information content (AvgIpc) is 3.09. The van der Waals surface area contributed by atoms with E-state index in [1.54, 1.807) is 0 Å². The van der Waals surface area contributed by atoms with E-state index in [2.05, 4.69) is 10.6 Å². The van der Waals surface area contributed by atoms with Gasteiger partial charge in [-0.25, -0.2) is 4.79 Å². The highest BCUT2D eigenvalue weighted by atomic mass is 16.4. The zero-order valence-corrected chi connectivity index (χ0v) is 17.0. The first-order valence-corrected chi connectivity index (χ1v) is 9.61. The zero-order valence-electron chi connectivity index (χ0n) is 17.0. The molecular weight excluding hydrogens is 382 g/mol. The number of nitrogens with two attached hydrogens (primary N) is 2. The Morgan fingerprint density at radius 2 is 1.72 bits per heavy atom. The van der Waals surface area contributed by atoms with Crippen LogP contribution < -0.4 is 22.1 Å². The van der Waals surface area contributed by atoms with Crippen LogP contribution in [0.3, 0.4) is 0 Å². The molecule has 0 bridgehead atoms. The Kier molecular flexibility index (Phi) is 9.02. The second-order valence-electron chi connectivity index (χ2n) is 7.73. The fourth-order valence-electron chi connectivity index (χ4n) is 3.17. The minimum Gasteiger partial charge on any atom is -0.480 e. The molecule has 11 heteroatoms. The number of primary amides is 1. The van der Waals surface area contributed by atoms with Gasteiger partial charge in [0.25, 0.3) is 0 Å². The van der Waals surface area contributed by atoms with E-state index in [-0.39, 0.29) is 12.3 Å². The summed E-state index contributed by atoms with van der Waals surface area (Å²) in [5.74, 6) is -3.55. The number of aliphatic carboxylic acids is 1. The third-order valence-electron chi connectivity index (χ3n) is 4.65. The van der Waals surface area contributed by atoms with E-state index in [1.807, 2.05) is 13.8 Å². The molecule has 0 radical (unpaired) electrons. The molecule has 0 unspecified atom stereocenters. The lowest BCUT2D eigenvalue weighted by molar-refractivity contribution is -0.149. The number of nitrogens with zero attached hydrogens (tertiary/aromatic N) is 1. The van der Waals surface area contributed by atoms with Crippen LogP contribution in [0.15, 0.2) is 0 Å². The van der Waals surface area contributed by atoms with Crippen LogP contribution in [-0.2, 0) is 24.0 Å². The Bertz CT molecular complexity index is 653. The summed E-state index contributed by atoms with van der Waals surface area (Å²) in [6.07, 6.45) is 0.901. The van der Waals surface area contributed by atoms with Gasteiger partial charge in [-0.2, -0.15) is 0 Å². The molecule has 164 valence electrons. The van der Waals surface area contributed by atoms with Gasteiger partial charge in [0.15, 0.2) is 0 Å². The predicted molar refractivity (Wildman–Crippen MR) is 103 cm³/mol. The normalized spacial score (nSPS) is 19.3. The number of likely N-dealkylation sites (tertiary alicyclic amines) is 1. The Labute approximate surface area is 169 Å². The summed E-state index contributed by atoms with van der Waals surface area (Å²) in [5, 5.41) is 14.3. The molecule has 0 aromatic carbocycles. The first kappa shape index (κ1) is 24.3. The number of carbonyl (C=O) groups excluding carboxylic acids is 4. The second-order valence-corrected chi connectivity index (χ2v) is 7.73. The molecule has 1 fully saturated rings. The van der Waals surface area contributed by atoms with Gasteiger partial charge in [-0.3, -0.25) is 19.2 Å². The smallest absolute Gasteiger partial charge is 0.326 e. The monoisotopic (exact) mass is 413 g/mol. The highest BCUT2D eigenvalue weighted by molar-refractivity contribution is 5.95. The van der Waals surface area contributed by atoms with Gasteiger partial charge in [-0.05, 0) is 32.1 Å². The topological polar surface area (TPSA) is 185 Å². The number of hydrogen-bond donors (Lipinski definition) is 5. The molecule has 0 aromatic rings. The van der Waals surface area contributed by atoms with Crippen LogP contribution >= 0.6 is 0 Å². The third-order valence-corrected chi connectivity index (χ3v) is 4.65. The van der Waals surface area contributed by atoms with Crippen molar-refractivity contribution in [2.75, 3.05) is 6.54 Å². The van der Waals surface area contributed by atoms with Gasteiger partial charge in [0.05, 0.1) is 12.5 Å². The Balaban J connectivity index is 2.80. The third kappa shape index (κ3) is 7.33. The SMILES string of the molecule is CC(C)C[C@H](NC(=O)[C@H](C)NC(=O)[C@@H](N)CC(N)=O)C(=O)N1CCC[C@@H]1C(=O)O. The van der Waals surface area contributed by atoms with Crippen LogP contribution in [-0.4, -0.2) is 70.3 Å². The number of nitrogens with one attached hydrogen (secondary N) is 2. The van der Waals surface area contributed by atoms with Crippen molar-refractivity contribution in [3.05, 3.63) is 0 Å². The summed E-state index contributed by atoms with van der Waals surface area (Å²) in [4.78, 5) is 60.9. The van der Waals surface area contributed by atoms with Gasteiger partial charge in [0, 0.05) is 6.54 Å². The molecule has 1 heterocycles. The van der Waals surface area contributed by atoms with Crippen LogP contribution in [0.2, 0.25) is 0 Å². The molecule has 0 spiro atoms. The van der Waals surface area contributed by atoms with E-state index in [0.29, 0.717) is 25.8 Å². The quantitative estimate of drug-likeness (QED) is 0.282. The average molecular weight is 413 g/mol. The fourth-order valence-corrected chi connectivity index (χ4v) is 3.17. The highest BCUT2D eigenvalue weighted by Crippen LogP contribution is 2.20. The van der Waals surface area contributed by atoms with Crippen molar-refractivity contribution in [2.24, 2.45) is 17.4 Å². The second kappa shape index (κ2) is 10.7. The largest absolute Gasteiger partial charge is 0.480 e. The molecule has 0 aromatic heterocycles. The van der Waals surface area contributed by atoms with Gasteiger partial charge in [0.1, 0.15) is 18.1 Å². The van der Waals surface area contributed by atoms with Gasteiger partial charge in [0.2, 0.25) is 23.6 Å². The molecule has 1 saturated heterocycles. The van der Waals surface area contributed by atoms with Crippen molar-refractivity contribution < 1.29 is 29.1 Å². The van der Waals surface area contributed by atoms with Crippen LogP contribution in [0.1, 0.15) is 46.5 Å². The maximum absolute atomic E-state index is 12.9. The summed E-state index contributed by atoms with van der Waals surface area (Å²) in [6, 6.07) is -4.02. The molecule has 11 nitrogen and oxygen atoms in total. The fraction of sp³-hybridized carbons (Fsp3) is 0.722. The Morgan fingerprint density at radius 1 is 1.10 bits per heavy atom. The van der Waals surface area contributed by atoms with E-state index < -0.39 is 53.8 Å². The van der Waals surface area contributed by atoms with Gasteiger partial charge < -0.3 is 32.1 Å². The van der Waals surface area contributed by atoms with E-state index >= 15 is 0 Å².